The van der Waals surface area contributed by atoms with Gasteiger partial charge < -0.3 is 14.8 Å². The van der Waals surface area contributed by atoms with E-state index in [0.717, 1.165) is 5.69 Å². The van der Waals surface area contributed by atoms with Gasteiger partial charge in [0.2, 0.25) is 5.91 Å². The molecular weight excluding hydrogens is 242 g/mol. The molecule has 4 heteroatoms. The van der Waals surface area contributed by atoms with Crippen molar-refractivity contribution in [3.63, 3.8) is 0 Å². The van der Waals surface area contributed by atoms with Crippen LogP contribution in [-0.4, -0.2) is 31.8 Å². The van der Waals surface area contributed by atoms with Gasteiger partial charge in [0.05, 0.1) is 25.9 Å². The minimum absolute atomic E-state index is 0.0190. The number of anilines is 1. The number of amides is 1. The van der Waals surface area contributed by atoms with Crippen LogP contribution in [0.1, 0.15) is 18.9 Å². The van der Waals surface area contributed by atoms with Crippen molar-refractivity contribution in [2.24, 2.45) is 5.92 Å². The van der Waals surface area contributed by atoms with Gasteiger partial charge in [0.1, 0.15) is 0 Å². The lowest BCUT2D eigenvalue weighted by atomic mass is 10.0. The van der Waals surface area contributed by atoms with Crippen LogP contribution in [-0.2, 0) is 14.3 Å². The Kier molecular flexibility index (Phi) is 4.93. The molecule has 1 fully saturated rings. The molecule has 1 amide bonds. The minimum Gasteiger partial charge on any atom is -0.376 e. The van der Waals surface area contributed by atoms with Gasteiger partial charge in [-0.25, -0.2) is 0 Å². The van der Waals surface area contributed by atoms with E-state index < -0.39 is 0 Å². The normalized spacial score (nSPS) is 20.8. The molecular formula is C15H21NO3. The van der Waals surface area contributed by atoms with Gasteiger partial charge in [-0.05, 0) is 25.0 Å². The van der Waals surface area contributed by atoms with Crippen molar-refractivity contribution < 1.29 is 14.3 Å². The van der Waals surface area contributed by atoms with E-state index in [4.69, 9.17) is 9.47 Å². The molecule has 1 aromatic rings. The first kappa shape index (κ1) is 14.0. The summed E-state index contributed by atoms with van der Waals surface area (Å²) in [6.07, 6.45) is 0.472. The van der Waals surface area contributed by atoms with Crippen molar-refractivity contribution in [2.75, 3.05) is 25.1 Å². The smallest absolute Gasteiger partial charge is 0.224 e. The van der Waals surface area contributed by atoms with Gasteiger partial charge in [-0.1, -0.05) is 24.6 Å². The Labute approximate surface area is 114 Å². The minimum atomic E-state index is 0.0190. The fourth-order valence-corrected chi connectivity index (χ4v) is 2.11. The van der Waals surface area contributed by atoms with E-state index in [1.54, 1.807) is 0 Å². The fraction of sp³-hybridized carbons (Fsp3) is 0.533. The van der Waals surface area contributed by atoms with E-state index in [1.165, 1.54) is 5.56 Å². The number of benzene rings is 1. The van der Waals surface area contributed by atoms with Crippen molar-refractivity contribution in [3.8, 4) is 0 Å². The van der Waals surface area contributed by atoms with E-state index in [9.17, 15) is 4.79 Å². The Morgan fingerprint density at radius 1 is 1.37 bits per heavy atom. The summed E-state index contributed by atoms with van der Waals surface area (Å²) < 4.78 is 11.0. The molecule has 1 heterocycles. The third kappa shape index (κ3) is 4.33. The molecule has 1 aromatic carbocycles. The van der Waals surface area contributed by atoms with Gasteiger partial charge in [-0.3, -0.25) is 4.79 Å². The van der Waals surface area contributed by atoms with E-state index in [0.29, 0.717) is 26.2 Å². The molecule has 104 valence electrons. The van der Waals surface area contributed by atoms with Gasteiger partial charge in [0, 0.05) is 12.1 Å². The van der Waals surface area contributed by atoms with Gasteiger partial charge in [0.15, 0.2) is 0 Å². The standard InChI is InChI=1S/C15H21NO3/c1-11-3-5-13(6-4-11)16-15(17)9-12(2)14-10-18-7-8-19-14/h3-6,12,14H,7-10H2,1-2H3,(H,16,17)/t12-,14-/m0/s1. The molecule has 0 aliphatic carbocycles. The molecule has 0 radical (unpaired) electrons. The predicted molar refractivity (Wildman–Crippen MR) is 74.1 cm³/mol. The third-order valence-electron chi connectivity index (χ3n) is 3.32. The highest BCUT2D eigenvalue weighted by Gasteiger charge is 2.23. The number of nitrogens with one attached hydrogen (secondary N) is 1. The number of ether oxygens (including phenoxy) is 2. The SMILES string of the molecule is Cc1ccc(NC(=O)C[C@H](C)[C@@H]2COCCO2)cc1. The first-order valence-electron chi connectivity index (χ1n) is 6.71. The van der Waals surface area contributed by atoms with Crippen molar-refractivity contribution in [3.05, 3.63) is 29.8 Å². The number of carbonyl (C=O) groups excluding carboxylic acids is 1. The molecule has 0 saturated carbocycles. The summed E-state index contributed by atoms with van der Waals surface area (Å²) >= 11 is 0. The molecule has 0 unspecified atom stereocenters. The summed E-state index contributed by atoms with van der Waals surface area (Å²) in [5.74, 6) is 0.177. The number of aryl methyl sites for hydroxylation is 1. The molecule has 1 aliphatic rings. The lowest BCUT2D eigenvalue weighted by Gasteiger charge is -2.27. The van der Waals surface area contributed by atoms with Gasteiger partial charge in [-0.15, -0.1) is 0 Å². The summed E-state index contributed by atoms with van der Waals surface area (Å²) in [5, 5.41) is 2.90. The Hall–Kier alpha value is -1.39. The molecule has 0 aromatic heterocycles. The number of carbonyl (C=O) groups is 1. The maximum atomic E-state index is 11.9. The number of hydrogen-bond donors (Lipinski definition) is 1. The molecule has 19 heavy (non-hydrogen) atoms. The second-order valence-electron chi connectivity index (χ2n) is 5.08. The molecule has 1 N–H and O–H groups in total. The Bertz CT molecular complexity index is 410. The third-order valence-corrected chi connectivity index (χ3v) is 3.32. The zero-order valence-electron chi connectivity index (χ0n) is 11.5. The number of hydrogen-bond acceptors (Lipinski definition) is 3. The van der Waals surface area contributed by atoms with E-state index in [2.05, 4.69) is 5.32 Å². The largest absolute Gasteiger partial charge is 0.376 e. The predicted octanol–water partition coefficient (Wildman–Crippen LogP) is 2.38. The zero-order chi connectivity index (χ0) is 13.7. The van der Waals surface area contributed by atoms with E-state index in [1.807, 2.05) is 38.1 Å². The lowest BCUT2D eigenvalue weighted by Crippen LogP contribution is -2.35. The second-order valence-corrected chi connectivity index (χ2v) is 5.08. The van der Waals surface area contributed by atoms with Crippen LogP contribution in [0.3, 0.4) is 0 Å². The summed E-state index contributed by atoms with van der Waals surface area (Å²) in [7, 11) is 0. The molecule has 0 bridgehead atoms. The topological polar surface area (TPSA) is 47.6 Å². The number of rotatable bonds is 4. The van der Waals surface area contributed by atoms with Crippen LogP contribution in [0.5, 0.6) is 0 Å². The molecule has 1 aliphatic heterocycles. The first-order valence-corrected chi connectivity index (χ1v) is 6.71. The van der Waals surface area contributed by atoms with Crippen molar-refractivity contribution >= 4 is 11.6 Å². The van der Waals surface area contributed by atoms with Crippen LogP contribution in [0.2, 0.25) is 0 Å². The zero-order valence-corrected chi connectivity index (χ0v) is 11.5. The van der Waals surface area contributed by atoms with E-state index >= 15 is 0 Å². The highest BCUT2D eigenvalue weighted by molar-refractivity contribution is 5.90. The van der Waals surface area contributed by atoms with Gasteiger partial charge in [-0.2, -0.15) is 0 Å². The van der Waals surface area contributed by atoms with Crippen LogP contribution in [0.25, 0.3) is 0 Å². The lowest BCUT2D eigenvalue weighted by molar-refractivity contribution is -0.125. The maximum absolute atomic E-state index is 11.9. The Balaban J connectivity index is 1.81. The molecule has 4 nitrogen and oxygen atoms in total. The summed E-state index contributed by atoms with van der Waals surface area (Å²) in [6, 6.07) is 7.80. The van der Waals surface area contributed by atoms with Crippen molar-refractivity contribution in [1.29, 1.82) is 0 Å². The maximum Gasteiger partial charge on any atom is 0.224 e. The molecule has 2 atom stereocenters. The fourth-order valence-electron chi connectivity index (χ4n) is 2.11. The first-order chi connectivity index (χ1) is 9.15. The summed E-state index contributed by atoms with van der Waals surface area (Å²) in [6.45, 7) is 5.90. The van der Waals surface area contributed by atoms with Crippen LogP contribution < -0.4 is 5.32 Å². The van der Waals surface area contributed by atoms with Crippen LogP contribution in [0.4, 0.5) is 5.69 Å². The van der Waals surface area contributed by atoms with Crippen molar-refractivity contribution in [2.45, 2.75) is 26.4 Å². The molecule has 2 rings (SSSR count). The van der Waals surface area contributed by atoms with Gasteiger partial charge in [0.25, 0.3) is 0 Å². The van der Waals surface area contributed by atoms with Crippen LogP contribution in [0.15, 0.2) is 24.3 Å². The highest BCUT2D eigenvalue weighted by atomic mass is 16.6. The Morgan fingerprint density at radius 3 is 2.74 bits per heavy atom. The average Bonchev–Trinajstić information content (AvgIpc) is 2.42. The molecule has 0 spiro atoms. The summed E-state index contributed by atoms with van der Waals surface area (Å²) in [5.41, 5.74) is 2.02. The quantitative estimate of drug-likeness (QED) is 0.907. The second kappa shape index (κ2) is 6.68. The average molecular weight is 263 g/mol. The van der Waals surface area contributed by atoms with Crippen molar-refractivity contribution in [1.82, 2.24) is 0 Å². The van der Waals surface area contributed by atoms with E-state index in [-0.39, 0.29) is 17.9 Å². The van der Waals surface area contributed by atoms with Gasteiger partial charge >= 0.3 is 0 Å². The Morgan fingerprint density at radius 2 is 2.11 bits per heavy atom. The highest BCUT2D eigenvalue weighted by Crippen LogP contribution is 2.17. The van der Waals surface area contributed by atoms with Crippen LogP contribution >= 0.6 is 0 Å². The molecule has 1 saturated heterocycles. The summed E-state index contributed by atoms with van der Waals surface area (Å²) in [4.78, 5) is 11.9. The van der Waals surface area contributed by atoms with Crippen LogP contribution in [0, 0.1) is 12.8 Å². The monoisotopic (exact) mass is 263 g/mol.